The maximum Gasteiger partial charge on any atom is 0.236 e. The molecular weight excluding hydrogens is 268 g/mol. The number of hydrogen-bond donors (Lipinski definition) is 1. The lowest BCUT2D eigenvalue weighted by Crippen LogP contribution is -2.41. The molecule has 0 radical (unpaired) electrons. The predicted molar refractivity (Wildman–Crippen MR) is 82.0 cm³/mol. The molecule has 0 bridgehead atoms. The molecule has 0 saturated carbocycles. The lowest BCUT2D eigenvalue weighted by atomic mass is 10.3. The number of carbonyl (C=O) groups is 2. The lowest BCUT2D eigenvalue weighted by molar-refractivity contribution is -0.131. The second-order valence-electron chi connectivity index (χ2n) is 5.95. The van der Waals surface area contributed by atoms with E-state index in [9.17, 15) is 9.59 Å². The zero-order chi connectivity index (χ0) is 15.1. The summed E-state index contributed by atoms with van der Waals surface area (Å²) >= 11 is 0. The van der Waals surface area contributed by atoms with Crippen LogP contribution >= 0.6 is 0 Å². The number of amides is 2. The Morgan fingerprint density at radius 1 is 0.857 bits per heavy atom. The molecule has 0 aromatic heterocycles. The molecule has 0 aromatic carbocycles. The number of hydrogen-bond acceptors (Lipinski definition) is 4. The van der Waals surface area contributed by atoms with Crippen LogP contribution in [-0.2, 0) is 9.59 Å². The van der Waals surface area contributed by atoms with Crippen molar-refractivity contribution >= 4 is 11.8 Å². The van der Waals surface area contributed by atoms with Gasteiger partial charge in [-0.2, -0.15) is 0 Å². The van der Waals surface area contributed by atoms with Crippen molar-refractivity contribution in [3.8, 4) is 0 Å². The van der Waals surface area contributed by atoms with Crippen LogP contribution in [0.5, 0.6) is 0 Å². The van der Waals surface area contributed by atoms with Crippen molar-refractivity contribution in [2.24, 2.45) is 0 Å². The SMILES string of the molecule is CNCCC(=O)N1CCCN(CC(=O)N2CCCC2)CC1. The third kappa shape index (κ3) is 4.97. The molecule has 2 heterocycles. The van der Waals surface area contributed by atoms with Crippen LogP contribution in [0.15, 0.2) is 0 Å². The van der Waals surface area contributed by atoms with E-state index in [0.717, 1.165) is 65.1 Å². The first-order valence-electron chi connectivity index (χ1n) is 8.13. The fraction of sp³-hybridized carbons (Fsp3) is 0.867. The normalized spacial score (nSPS) is 20.6. The Morgan fingerprint density at radius 2 is 1.52 bits per heavy atom. The van der Waals surface area contributed by atoms with Crippen LogP contribution in [0.2, 0.25) is 0 Å². The highest BCUT2D eigenvalue weighted by atomic mass is 16.2. The Bertz CT molecular complexity index is 356. The standard InChI is InChI=1S/C15H28N4O2/c1-16-6-5-14(20)19-10-4-7-17(11-12-19)13-15(21)18-8-2-3-9-18/h16H,2-13H2,1H3. The van der Waals surface area contributed by atoms with Gasteiger partial charge in [-0.05, 0) is 26.3 Å². The van der Waals surface area contributed by atoms with Gasteiger partial charge < -0.3 is 15.1 Å². The molecule has 2 aliphatic heterocycles. The molecule has 2 fully saturated rings. The highest BCUT2D eigenvalue weighted by Crippen LogP contribution is 2.10. The van der Waals surface area contributed by atoms with E-state index in [1.165, 1.54) is 0 Å². The van der Waals surface area contributed by atoms with E-state index in [1.54, 1.807) is 0 Å². The van der Waals surface area contributed by atoms with Crippen LogP contribution in [0.3, 0.4) is 0 Å². The predicted octanol–water partition coefficient (Wildman–Crippen LogP) is -0.247. The molecule has 0 aliphatic carbocycles. The maximum absolute atomic E-state index is 12.2. The summed E-state index contributed by atoms with van der Waals surface area (Å²) in [6, 6.07) is 0. The Hall–Kier alpha value is -1.14. The van der Waals surface area contributed by atoms with E-state index in [2.05, 4.69) is 10.2 Å². The van der Waals surface area contributed by atoms with E-state index in [4.69, 9.17) is 0 Å². The molecule has 6 nitrogen and oxygen atoms in total. The van der Waals surface area contributed by atoms with Crippen LogP contribution < -0.4 is 5.32 Å². The molecule has 0 unspecified atom stereocenters. The third-order valence-corrected chi connectivity index (χ3v) is 4.35. The lowest BCUT2D eigenvalue weighted by Gasteiger charge is -2.24. The van der Waals surface area contributed by atoms with Gasteiger partial charge in [-0.15, -0.1) is 0 Å². The van der Waals surface area contributed by atoms with Gasteiger partial charge in [-0.3, -0.25) is 14.5 Å². The molecule has 21 heavy (non-hydrogen) atoms. The van der Waals surface area contributed by atoms with Crippen molar-refractivity contribution in [2.45, 2.75) is 25.7 Å². The average molecular weight is 296 g/mol. The summed E-state index contributed by atoms with van der Waals surface area (Å²) in [6.45, 7) is 6.36. The molecule has 2 rings (SSSR count). The summed E-state index contributed by atoms with van der Waals surface area (Å²) < 4.78 is 0. The Balaban J connectivity index is 1.75. The van der Waals surface area contributed by atoms with Gasteiger partial charge in [-0.25, -0.2) is 0 Å². The van der Waals surface area contributed by atoms with E-state index in [0.29, 0.717) is 13.0 Å². The first kappa shape index (κ1) is 16.2. The molecular formula is C15H28N4O2. The highest BCUT2D eigenvalue weighted by Gasteiger charge is 2.23. The summed E-state index contributed by atoms with van der Waals surface area (Å²) in [7, 11) is 1.86. The van der Waals surface area contributed by atoms with Crippen LogP contribution in [0, 0.1) is 0 Å². The van der Waals surface area contributed by atoms with Gasteiger partial charge in [0.2, 0.25) is 11.8 Å². The van der Waals surface area contributed by atoms with Gasteiger partial charge in [0.05, 0.1) is 6.54 Å². The smallest absolute Gasteiger partial charge is 0.236 e. The monoisotopic (exact) mass is 296 g/mol. The van der Waals surface area contributed by atoms with Gasteiger partial charge in [-0.1, -0.05) is 0 Å². The van der Waals surface area contributed by atoms with Gasteiger partial charge in [0.25, 0.3) is 0 Å². The van der Waals surface area contributed by atoms with E-state index in [1.807, 2.05) is 16.8 Å². The molecule has 6 heteroatoms. The van der Waals surface area contributed by atoms with Crippen molar-refractivity contribution in [3.63, 3.8) is 0 Å². The van der Waals surface area contributed by atoms with Crippen molar-refractivity contribution in [1.82, 2.24) is 20.0 Å². The summed E-state index contributed by atoms with van der Waals surface area (Å²) in [4.78, 5) is 30.3. The van der Waals surface area contributed by atoms with Crippen molar-refractivity contribution < 1.29 is 9.59 Å². The molecule has 0 atom stereocenters. The number of rotatable bonds is 5. The second-order valence-corrected chi connectivity index (χ2v) is 5.95. The largest absolute Gasteiger partial charge is 0.342 e. The van der Waals surface area contributed by atoms with E-state index < -0.39 is 0 Å². The molecule has 1 N–H and O–H groups in total. The van der Waals surface area contributed by atoms with Crippen molar-refractivity contribution in [3.05, 3.63) is 0 Å². The summed E-state index contributed by atoms with van der Waals surface area (Å²) in [5, 5.41) is 3.01. The van der Waals surface area contributed by atoms with Crippen LogP contribution in [0.4, 0.5) is 0 Å². The first-order chi connectivity index (χ1) is 10.2. The van der Waals surface area contributed by atoms with Gasteiger partial charge in [0, 0.05) is 52.2 Å². The van der Waals surface area contributed by atoms with E-state index in [-0.39, 0.29) is 11.8 Å². The zero-order valence-electron chi connectivity index (χ0n) is 13.1. The van der Waals surface area contributed by atoms with Crippen LogP contribution in [0.1, 0.15) is 25.7 Å². The van der Waals surface area contributed by atoms with Crippen molar-refractivity contribution in [1.29, 1.82) is 0 Å². The van der Waals surface area contributed by atoms with E-state index >= 15 is 0 Å². The minimum Gasteiger partial charge on any atom is -0.342 e. The molecule has 2 saturated heterocycles. The Labute approximate surface area is 127 Å². The Morgan fingerprint density at radius 3 is 2.24 bits per heavy atom. The summed E-state index contributed by atoms with van der Waals surface area (Å²) in [5.41, 5.74) is 0. The van der Waals surface area contributed by atoms with Gasteiger partial charge >= 0.3 is 0 Å². The summed E-state index contributed by atoms with van der Waals surface area (Å²) in [5.74, 6) is 0.472. The fourth-order valence-electron chi connectivity index (χ4n) is 3.03. The number of nitrogens with zero attached hydrogens (tertiary/aromatic N) is 3. The topological polar surface area (TPSA) is 55.9 Å². The fourth-order valence-corrected chi connectivity index (χ4v) is 3.03. The molecule has 120 valence electrons. The zero-order valence-corrected chi connectivity index (χ0v) is 13.1. The first-order valence-corrected chi connectivity index (χ1v) is 8.13. The Kier molecular flexibility index (Phi) is 6.45. The van der Waals surface area contributed by atoms with Crippen LogP contribution in [0.25, 0.3) is 0 Å². The minimum absolute atomic E-state index is 0.220. The van der Waals surface area contributed by atoms with Gasteiger partial charge in [0.15, 0.2) is 0 Å². The summed E-state index contributed by atoms with van der Waals surface area (Å²) in [6.07, 6.45) is 3.79. The third-order valence-electron chi connectivity index (χ3n) is 4.35. The maximum atomic E-state index is 12.2. The quantitative estimate of drug-likeness (QED) is 0.760. The molecule has 0 aromatic rings. The number of likely N-dealkylation sites (tertiary alicyclic amines) is 1. The van der Waals surface area contributed by atoms with Crippen molar-refractivity contribution in [2.75, 3.05) is 59.4 Å². The van der Waals surface area contributed by atoms with Crippen LogP contribution in [-0.4, -0.2) is 85.9 Å². The van der Waals surface area contributed by atoms with Gasteiger partial charge in [0.1, 0.15) is 0 Å². The second kappa shape index (κ2) is 8.34. The molecule has 2 aliphatic rings. The minimum atomic E-state index is 0.220. The number of nitrogens with one attached hydrogen (secondary N) is 1. The molecule has 2 amide bonds. The highest BCUT2D eigenvalue weighted by molar-refractivity contribution is 5.78. The average Bonchev–Trinajstić information content (AvgIpc) is 2.92. The molecule has 0 spiro atoms. The number of carbonyl (C=O) groups excluding carboxylic acids is 2.